The van der Waals surface area contributed by atoms with Gasteiger partial charge in [-0.05, 0) is 35.9 Å². The van der Waals surface area contributed by atoms with E-state index in [2.05, 4.69) is 4.98 Å². The fraction of sp³-hybridized carbons (Fsp3) is 0.231. The molecule has 35 heavy (non-hydrogen) atoms. The number of aromatic nitrogens is 1. The average molecular weight is 481 g/mol. The number of nitrogens with zero attached hydrogens (tertiary/aromatic N) is 2. The molecule has 2 aromatic carbocycles. The van der Waals surface area contributed by atoms with Gasteiger partial charge in [-0.2, -0.15) is 13.2 Å². The minimum atomic E-state index is -4.47. The van der Waals surface area contributed by atoms with Crippen molar-refractivity contribution < 1.29 is 27.2 Å². The van der Waals surface area contributed by atoms with E-state index < -0.39 is 11.7 Å². The Morgan fingerprint density at radius 1 is 0.914 bits per heavy atom. The molecule has 1 N–H and O–H groups in total. The fourth-order valence-electron chi connectivity index (χ4n) is 4.32. The molecule has 6 nitrogen and oxygen atoms in total. The highest BCUT2D eigenvalue weighted by molar-refractivity contribution is 5.92. The van der Waals surface area contributed by atoms with Crippen LogP contribution in [0.5, 0.6) is 0 Å². The lowest BCUT2D eigenvalue weighted by atomic mass is 10.1. The van der Waals surface area contributed by atoms with Gasteiger partial charge in [-0.3, -0.25) is 9.59 Å². The number of para-hydroxylation sites is 1. The Balaban J connectivity index is 1.21. The molecule has 0 spiro atoms. The van der Waals surface area contributed by atoms with Crippen LogP contribution in [0.25, 0.3) is 22.2 Å². The minimum absolute atomic E-state index is 0.00770. The fourth-order valence-corrected chi connectivity index (χ4v) is 4.32. The number of carbonyl (C=O) groups is 2. The Labute approximate surface area is 198 Å². The number of benzene rings is 2. The van der Waals surface area contributed by atoms with Gasteiger partial charge >= 0.3 is 6.18 Å². The topological polar surface area (TPSA) is 69.6 Å². The predicted molar refractivity (Wildman–Crippen MR) is 124 cm³/mol. The Bertz CT molecular complexity index is 1380. The predicted octanol–water partition coefficient (Wildman–Crippen LogP) is 4.97. The maximum Gasteiger partial charge on any atom is 0.416 e. The van der Waals surface area contributed by atoms with Crippen LogP contribution in [0, 0.1) is 0 Å². The summed E-state index contributed by atoms with van der Waals surface area (Å²) in [5, 5.41) is 1.02. The lowest BCUT2D eigenvalue weighted by Crippen LogP contribution is -2.50. The molecule has 4 aromatic rings. The molecule has 0 bridgehead atoms. The van der Waals surface area contributed by atoms with Crippen LogP contribution >= 0.6 is 0 Å². The highest BCUT2D eigenvalue weighted by Crippen LogP contribution is 2.33. The summed E-state index contributed by atoms with van der Waals surface area (Å²) in [5.41, 5.74) is 1.37. The molecule has 1 saturated heterocycles. The van der Waals surface area contributed by atoms with E-state index in [0.29, 0.717) is 26.2 Å². The molecule has 1 aliphatic heterocycles. The highest BCUT2D eigenvalue weighted by Gasteiger charge is 2.31. The van der Waals surface area contributed by atoms with Crippen molar-refractivity contribution in [2.75, 3.05) is 26.2 Å². The van der Waals surface area contributed by atoms with Gasteiger partial charge in [0.15, 0.2) is 5.76 Å². The molecule has 0 aliphatic carbocycles. The summed E-state index contributed by atoms with van der Waals surface area (Å²) < 4.78 is 44.6. The number of furan rings is 1. The van der Waals surface area contributed by atoms with Crippen molar-refractivity contribution in [1.82, 2.24) is 14.8 Å². The molecule has 0 unspecified atom stereocenters. The SMILES string of the molecule is O=C(Cc1c[nH]c2ccccc12)N1CCN(C(=O)c2ccc(-c3cccc(C(F)(F)F)c3)o2)CC1. The molecule has 9 heteroatoms. The van der Waals surface area contributed by atoms with Crippen LogP contribution in [0.1, 0.15) is 21.7 Å². The van der Waals surface area contributed by atoms with Crippen molar-refractivity contribution in [3.05, 3.63) is 83.7 Å². The third kappa shape index (κ3) is 4.66. The molecule has 2 aromatic heterocycles. The Kier molecular flexibility index (Phi) is 5.84. The Morgan fingerprint density at radius 3 is 2.43 bits per heavy atom. The number of hydrogen-bond acceptors (Lipinski definition) is 3. The van der Waals surface area contributed by atoms with E-state index in [1.165, 1.54) is 24.3 Å². The van der Waals surface area contributed by atoms with Gasteiger partial charge in [0.2, 0.25) is 5.91 Å². The first-order valence-corrected chi connectivity index (χ1v) is 11.2. The number of halogens is 3. The molecule has 0 saturated carbocycles. The number of fused-ring (bicyclic) bond motifs is 1. The van der Waals surface area contributed by atoms with Crippen molar-refractivity contribution in [3.8, 4) is 11.3 Å². The van der Waals surface area contributed by atoms with Gasteiger partial charge in [0.1, 0.15) is 5.76 Å². The quantitative estimate of drug-likeness (QED) is 0.447. The molecular weight excluding hydrogens is 459 g/mol. The van der Waals surface area contributed by atoms with Gasteiger partial charge in [0, 0.05) is 48.8 Å². The monoisotopic (exact) mass is 481 g/mol. The number of rotatable bonds is 4. The zero-order valence-corrected chi connectivity index (χ0v) is 18.6. The summed E-state index contributed by atoms with van der Waals surface area (Å²) in [6.45, 7) is 1.48. The van der Waals surface area contributed by atoms with E-state index in [-0.39, 0.29) is 35.3 Å². The molecular formula is C26H22F3N3O3. The summed E-state index contributed by atoms with van der Waals surface area (Å²) in [6, 6.07) is 15.5. The second-order valence-corrected chi connectivity index (χ2v) is 8.45. The Morgan fingerprint density at radius 2 is 1.66 bits per heavy atom. The number of amides is 2. The van der Waals surface area contributed by atoms with E-state index in [0.717, 1.165) is 28.6 Å². The maximum atomic E-state index is 13.0. The second kappa shape index (κ2) is 8.98. The van der Waals surface area contributed by atoms with Crippen LogP contribution in [-0.4, -0.2) is 52.8 Å². The first-order valence-electron chi connectivity index (χ1n) is 11.2. The maximum absolute atomic E-state index is 13.0. The second-order valence-electron chi connectivity index (χ2n) is 8.45. The van der Waals surface area contributed by atoms with Crippen LogP contribution in [0.4, 0.5) is 13.2 Å². The summed E-state index contributed by atoms with van der Waals surface area (Å²) >= 11 is 0. The van der Waals surface area contributed by atoms with Crippen molar-refractivity contribution >= 4 is 22.7 Å². The van der Waals surface area contributed by atoms with E-state index in [9.17, 15) is 22.8 Å². The first kappa shape index (κ1) is 22.8. The summed E-state index contributed by atoms with van der Waals surface area (Å²) in [5.74, 6) is -0.124. The summed E-state index contributed by atoms with van der Waals surface area (Å²) in [7, 11) is 0. The number of carbonyl (C=O) groups excluding carboxylic acids is 2. The third-order valence-electron chi connectivity index (χ3n) is 6.23. The normalized spacial score (nSPS) is 14.5. The molecule has 3 heterocycles. The van der Waals surface area contributed by atoms with Crippen molar-refractivity contribution in [1.29, 1.82) is 0 Å². The Hall–Kier alpha value is -4.01. The van der Waals surface area contributed by atoms with Crippen LogP contribution < -0.4 is 0 Å². The standard InChI is InChI=1S/C26H22F3N3O3/c27-26(28,29)19-5-3-4-17(14-19)22-8-9-23(35-22)25(34)32-12-10-31(11-13-32)24(33)15-18-16-30-21-7-2-1-6-20(18)21/h1-9,14,16,30H,10-13,15H2. The van der Waals surface area contributed by atoms with Gasteiger partial charge in [-0.15, -0.1) is 0 Å². The van der Waals surface area contributed by atoms with Crippen molar-refractivity contribution in [2.45, 2.75) is 12.6 Å². The van der Waals surface area contributed by atoms with Crippen LogP contribution in [-0.2, 0) is 17.4 Å². The van der Waals surface area contributed by atoms with Crippen LogP contribution in [0.15, 0.2) is 71.3 Å². The molecule has 1 aliphatic rings. The minimum Gasteiger partial charge on any atom is -0.451 e. The van der Waals surface area contributed by atoms with Crippen LogP contribution in [0.3, 0.4) is 0 Å². The van der Waals surface area contributed by atoms with Gasteiger partial charge in [-0.25, -0.2) is 0 Å². The molecule has 2 amide bonds. The largest absolute Gasteiger partial charge is 0.451 e. The molecule has 0 atom stereocenters. The molecule has 1 fully saturated rings. The number of nitrogens with one attached hydrogen (secondary N) is 1. The van der Waals surface area contributed by atoms with Gasteiger partial charge in [-0.1, -0.05) is 30.3 Å². The number of hydrogen-bond donors (Lipinski definition) is 1. The first-order chi connectivity index (χ1) is 16.8. The lowest BCUT2D eigenvalue weighted by molar-refractivity contribution is -0.137. The number of H-pyrrole nitrogens is 1. The molecule has 5 rings (SSSR count). The average Bonchev–Trinajstić information content (AvgIpc) is 3.51. The van der Waals surface area contributed by atoms with E-state index in [1.807, 2.05) is 30.5 Å². The molecule has 180 valence electrons. The number of alkyl halides is 3. The highest BCUT2D eigenvalue weighted by atomic mass is 19.4. The number of aromatic amines is 1. The zero-order chi connectivity index (χ0) is 24.6. The van der Waals surface area contributed by atoms with Gasteiger partial charge in [0.25, 0.3) is 5.91 Å². The van der Waals surface area contributed by atoms with Gasteiger partial charge in [0.05, 0.1) is 12.0 Å². The van der Waals surface area contributed by atoms with E-state index >= 15 is 0 Å². The summed E-state index contributed by atoms with van der Waals surface area (Å²) in [4.78, 5) is 32.2. The van der Waals surface area contributed by atoms with E-state index in [1.54, 1.807) is 9.80 Å². The summed E-state index contributed by atoms with van der Waals surface area (Å²) in [6.07, 6.45) is -2.34. The van der Waals surface area contributed by atoms with Crippen LogP contribution in [0.2, 0.25) is 0 Å². The van der Waals surface area contributed by atoms with Crippen molar-refractivity contribution in [3.63, 3.8) is 0 Å². The van der Waals surface area contributed by atoms with Crippen molar-refractivity contribution in [2.24, 2.45) is 0 Å². The number of piperazine rings is 1. The zero-order valence-electron chi connectivity index (χ0n) is 18.6. The third-order valence-corrected chi connectivity index (χ3v) is 6.23. The smallest absolute Gasteiger partial charge is 0.416 e. The lowest BCUT2D eigenvalue weighted by Gasteiger charge is -2.34. The van der Waals surface area contributed by atoms with E-state index in [4.69, 9.17) is 4.42 Å². The van der Waals surface area contributed by atoms with Gasteiger partial charge < -0.3 is 19.2 Å². The molecule has 0 radical (unpaired) electrons.